The van der Waals surface area contributed by atoms with E-state index in [1.165, 1.54) is 0 Å². The van der Waals surface area contributed by atoms with Crippen molar-refractivity contribution in [2.45, 2.75) is 33.2 Å². The lowest BCUT2D eigenvalue weighted by Gasteiger charge is -2.13. The van der Waals surface area contributed by atoms with Crippen LogP contribution in [0.25, 0.3) is 11.1 Å². The van der Waals surface area contributed by atoms with Crippen molar-refractivity contribution in [3.05, 3.63) is 48.0 Å². The number of Topliss-reactive ketones (excluding diaryl/α,β-unsaturated/α-hetero) is 1. The van der Waals surface area contributed by atoms with Gasteiger partial charge in [0.25, 0.3) is 0 Å². The highest BCUT2D eigenvalue weighted by Crippen LogP contribution is 2.35. The topological polar surface area (TPSA) is 47.6 Å². The second kappa shape index (κ2) is 8.50. The van der Waals surface area contributed by atoms with Gasteiger partial charge in [0, 0.05) is 0 Å². The lowest BCUT2D eigenvalue weighted by Crippen LogP contribution is -2.34. The third-order valence-corrected chi connectivity index (χ3v) is 3.94. The fourth-order valence-electron chi connectivity index (χ4n) is 2.59. The molecule has 2 aromatic rings. The molecule has 1 atom stereocenters. The molecule has 3 rings (SSSR count). The van der Waals surface area contributed by atoms with E-state index in [1.54, 1.807) is 6.92 Å². The summed E-state index contributed by atoms with van der Waals surface area (Å²) in [6.07, 6.45) is 0.702. The van der Waals surface area contributed by atoms with Crippen molar-refractivity contribution < 1.29 is 14.3 Å². The highest BCUT2D eigenvalue weighted by molar-refractivity contribution is 5.81. The first-order valence-corrected chi connectivity index (χ1v) is 8.34. The van der Waals surface area contributed by atoms with Gasteiger partial charge in [0.2, 0.25) is 6.79 Å². The Morgan fingerprint density at radius 2 is 1.67 bits per heavy atom. The molecular weight excluding hydrogens is 302 g/mol. The minimum Gasteiger partial charge on any atom is -0.454 e. The second-order valence-corrected chi connectivity index (χ2v) is 5.42. The fourth-order valence-corrected chi connectivity index (χ4v) is 2.59. The minimum absolute atomic E-state index is 0.128. The Bertz CT molecular complexity index is 680. The van der Waals surface area contributed by atoms with Gasteiger partial charge in [-0.25, -0.2) is 0 Å². The van der Waals surface area contributed by atoms with Crippen LogP contribution in [-0.2, 0) is 11.2 Å². The Balaban J connectivity index is 0.00000100. The van der Waals surface area contributed by atoms with E-state index < -0.39 is 0 Å². The Hall–Kier alpha value is -2.33. The molecule has 2 aromatic carbocycles. The summed E-state index contributed by atoms with van der Waals surface area (Å²) in [5.41, 5.74) is 3.34. The van der Waals surface area contributed by atoms with E-state index >= 15 is 0 Å². The van der Waals surface area contributed by atoms with Crippen molar-refractivity contribution in [3.8, 4) is 22.6 Å². The average molecular weight is 327 g/mol. The molecule has 0 spiro atoms. The van der Waals surface area contributed by atoms with Crippen LogP contribution >= 0.6 is 0 Å². The first kappa shape index (κ1) is 18.0. The van der Waals surface area contributed by atoms with Crippen LogP contribution < -0.4 is 14.8 Å². The summed E-state index contributed by atoms with van der Waals surface area (Å²) in [5, 5.41) is 3.04. The van der Waals surface area contributed by atoms with E-state index in [-0.39, 0.29) is 18.6 Å². The molecule has 0 bridgehead atoms. The molecule has 0 amide bonds. The third-order valence-electron chi connectivity index (χ3n) is 3.94. The smallest absolute Gasteiger partial charge is 0.231 e. The molecule has 1 heterocycles. The largest absolute Gasteiger partial charge is 0.454 e. The number of benzene rings is 2. The van der Waals surface area contributed by atoms with E-state index in [1.807, 2.05) is 39.1 Å². The Kier molecular flexibility index (Phi) is 6.38. The number of nitrogens with one attached hydrogen (secondary N) is 1. The molecule has 1 N–H and O–H groups in total. The van der Waals surface area contributed by atoms with E-state index in [0.29, 0.717) is 6.42 Å². The van der Waals surface area contributed by atoms with Crippen molar-refractivity contribution in [1.29, 1.82) is 0 Å². The predicted octanol–water partition coefficient (Wildman–Crippen LogP) is 3.83. The summed E-state index contributed by atoms with van der Waals surface area (Å²) in [6.45, 7) is 5.90. The van der Waals surface area contributed by atoms with Gasteiger partial charge in [-0.15, -0.1) is 0 Å². The Morgan fingerprint density at radius 1 is 1.04 bits per heavy atom. The quantitative estimate of drug-likeness (QED) is 0.907. The molecule has 0 unspecified atom stereocenters. The van der Waals surface area contributed by atoms with Crippen molar-refractivity contribution >= 4 is 5.78 Å². The number of carbonyl (C=O) groups excluding carboxylic acids is 1. The van der Waals surface area contributed by atoms with Crippen molar-refractivity contribution in [3.63, 3.8) is 0 Å². The van der Waals surface area contributed by atoms with Gasteiger partial charge in [-0.05, 0) is 49.2 Å². The number of fused-ring (bicyclic) bond motifs is 1. The zero-order valence-corrected chi connectivity index (χ0v) is 14.8. The maximum Gasteiger partial charge on any atom is 0.231 e. The Labute approximate surface area is 143 Å². The normalized spacial score (nSPS) is 13.0. The number of ketones is 1. The van der Waals surface area contributed by atoms with Gasteiger partial charge in [0.1, 0.15) is 5.78 Å². The number of hydrogen-bond donors (Lipinski definition) is 1. The number of likely N-dealkylation sites (N-methyl/N-ethyl adjacent to an activating group) is 1. The number of carbonyl (C=O) groups is 1. The zero-order valence-electron chi connectivity index (χ0n) is 14.8. The van der Waals surface area contributed by atoms with E-state index in [0.717, 1.165) is 28.2 Å². The fraction of sp³-hybridized carbons (Fsp3) is 0.350. The molecular formula is C20H25NO3. The molecule has 4 nitrogen and oxygen atoms in total. The monoisotopic (exact) mass is 327 g/mol. The van der Waals surface area contributed by atoms with Crippen molar-refractivity contribution in [1.82, 2.24) is 5.32 Å². The molecule has 0 saturated heterocycles. The average Bonchev–Trinajstić information content (AvgIpc) is 3.09. The standard InChI is InChI=1S/C18H19NO3.C2H6/c1-12(20)16(19-2)9-13-3-5-14(6-4-13)15-7-8-17-18(10-15)22-11-21-17;1-2/h3-8,10,16,19H,9,11H2,1-2H3;1-2H3/t16-;/m0./s1. The molecule has 4 heteroatoms. The molecule has 1 aliphatic rings. The molecule has 0 saturated carbocycles. The van der Waals surface area contributed by atoms with Crippen LogP contribution in [0.4, 0.5) is 0 Å². The lowest BCUT2D eigenvalue weighted by molar-refractivity contribution is -0.118. The van der Waals surface area contributed by atoms with E-state index in [2.05, 4.69) is 29.6 Å². The van der Waals surface area contributed by atoms with Crippen LogP contribution in [0.1, 0.15) is 26.3 Å². The van der Waals surface area contributed by atoms with E-state index in [4.69, 9.17) is 9.47 Å². The summed E-state index contributed by atoms with van der Waals surface area (Å²) < 4.78 is 10.7. The molecule has 128 valence electrons. The SMILES string of the molecule is CC.CN[C@@H](Cc1ccc(-c2ccc3c(c2)OCO3)cc1)C(C)=O. The zero-order chi connectivity index (χ0) is 17.5. The first-order valence-electron chi connectivity index (χ1n) is 8.34. The van der Waals surface area contributed by atoms with Gasteiger partial charge in [0.05, 0.1) is 6.04 Å². The van der Waals surface area contributed by atoms with Crippen molar-refractivity contribution in [2.24, 2.45) is 0 Å². The van der Waals surface area contributed by atoms with Crippen LogP contribution in [0.15, 0.2) is 42.5 Å². The summed E-state index contributed by atoms with van der Waals surface area (Å²) >= 11 is 0. The van der Waals surface area contributed by atoms with Crippen LogP contribution in [0.3, 0.4) is 0 Å². The van der Waals surface area contributed by atoms with Gasteiger partial charge >= 0.3 is 0 Å². The molecule has 0 aromatic heterocycles. The Morgan fingerprint density at radius 3 is 2.29 bits per heavy atom. The second-order valence-electron chi connectivity index (χ2n) is 5.42. The van der Waals surface area contributed by atoms with Crippen LogP contribution in [0.2, 0.25) is 0 Å². The highest BCUT2D eigenvalue weighted by atomic mass is 16.7. The van der Waals surface area contributed by atoms with Crippen molar-refractivity contribution in [2.75, 3.05) is 13.8 Å². The number of rotatable bonds is 5. The maximum atomic E-state index is 11.5. The molecule has 1 aliphatic heterocycles. The lowest BCUT2D eigenvalue weighted by atomic mass is 9.99. The number of hydrogen-bond acceptors (Lipinski definition) is 4. The minimum atomic E-state index is -0.128. The van der Waals surface area contributed by atoms with Crippen LogP contribution in [0.5, 0.6) is 11.5 Å². The highest BCUT2D eigenvalue weighted by Gasteiger charge is 2.14. The van der Waals surface area contributed by atoms with Gasteiger partial charge in [0.15, 0.2) is 11.5 Å². The predicted molar refractivity (Wildman–Crippen MR) is 96.6 cm³/mol. The first-order chi connectivity index (χ1) is 11.7. The summed E-state index contributed by atoms with van der Waals surface area (Å²) in [7, 11) is 1.81. The van der Waals surface area contributed by atoms with Crippen LogP contribution in [0, 0.1) is 0 Å². The maximum absolute atomic E-state index is 11.5. The van der Waals surface area contributed by atoms with E-state index in [9.17, 15) is 4.79 Å². The summed E-state index contributed by atoms with van der Waals surface area (Å²) in [6, 6.07) is 14.1. The number of ether oxygens (including phenoxy) is 2. The summed E-state index contributed by atoms with van der Waals surface area (Å²) in [5.74, 6) is 1.73. The molecule has 24 heavy (non-hydrogen) atoms. The van der Waals surface area contributed by atoms with Gasteiger partial charge in [-0.2, -0.15) is 0 Å². The summed E-state index contributed by atoms with van der Waals surface area (Å²) in [4.78, 5) is 11.5. The molecule has 0 radical (unpaired) electrons. The van der Waals surface area contributed by atoms with Crippen LogP contribution in [-0.4, -0.2) is 25.7 Å². The third kappa shape index (κ3) is 4.15. The van der Waals surface area contributed by atoms with Gasteiger partial charge < -0.3 is 14.8 Å². The van der Waals surface area contributed by atoms with Gasteiger partial charge in [-0.1, -0.05) is 44.2 Å². The molecule has 0 aliphatic carbocycles. The van der Waals surface area contributed by atoms with Gasteiger partial charge in [-0.3, -0.25) is 4.79 Å². The molecule has 0 fully saturated rings.